The van der Waals surface area contributed by atoms with Crippen LogP contribution in [0.3, 0.4) is 0 Å². The van der Waals surface area contributed by atoms with Crippen LogP contribution in [-0.2, 0) is 4.84 Å². The van der Waals surface area contributed by atoms with E-state index in [-0.39, 0.29) is 6.10 Å². The number of ether oxygens (including phenoxy) is 1. The summed E-state index contributed by atoms with van der Waals surface area (Å²) in [5.41, 5.74) is 2.21. The summed E-state index contributed by atoms with van der Waals surface area (Å²) in [5, 5.41) is 16.8. The number of piperidine rings is 1. The van der Waals surface area contributed by atoms with Crippen molar-refractivity contribution < 1.29 is 14.7 Å². The molecule has 0 bridgehead atoms. The fraction of sp³-hybridized carbons (Fsp3) is 0.560. The van der Waals surface area contributed by atoms with Crippen LogP contribution in [0.5, 0.6) is 5.75 Å². The maximum absolute atomic E-state index is 9.87. The second-order valence-corrected chi connectivity index (χ2v) is 8.62. The van der Waals surface area contributed by atoms with E-state index < -0.39 is 0 Å². The SMILES string of the molecule is CCO/N=C(/c1ccc2cc(OC)ccc2c1)[C@@H]1CCCN(C2CCC(O)CC2)C1. The molecule has 0 radical (unpaired) electrons. The van der Waals surface area contributed by atoms with Gasteiger partial charge in [-0.05, 0) is 81.0 Å². The third-order valence-electron chi connectivity index (χ3n) is 6.66. The number of hydrogen-bond acceptors (Lipinski definition) is 5. The van der Waals surface area contributed by atoms with E-state index in [4.69, 9.17) is 9.57 Å². The van der Waals surface area contributed by atoms with E-state index in [1.54, 1.807) is 7.11 Å². The lowest BCUT2D eigenvalue weighted by atomic mass is 9.85. The summed E-state index contributed by atoms with van der Waals surface area (Å²) in [6.07, 6.45) is 6.28. The number of aliphatic hydroxyl groups is 1. The maximum Gasteiger partial charge on any atom is 0.119 e. The molecule has 5 nitrogen and oxygen atoms in total. The number of oxime groups is 1. The topological polar surface area (TPSA) is 54.3 Å². The Morgan fingerprint density at radius 2 is 1.83 bits per heavy atom. The van der Waals surface area contributed by atoms with E-state index >= 15 is 0 Å². The number of likely N-dealkylation sites (tertiary alicyclic amines) is 1. The molecule has 0 spiro atoms. The first-order chi connectivity index (χ1) is 14.7. The normalized spacial score (nSPS) is 26.0. The highest BCUT2D eigenvalue weighted by atomic mass is 16.6. The van der Waals surface area contributed by atoms with Gasteiger partial charge in [-0.2, -0.15) is 0 Å². The third kappa shape index (κ3) is 4.79. The Balaban J connectivity index is 1.57. The second kappa shape index (κ2) is 9.80. The Labute approximate surface area is 179 Å². The lowest BCUT2D eigenvalue weighted by Crippen LogP contribution is -2.46. The predicted molar refractivity (Wildman–Crippen MR) is 121 cm³/mol. The van der Waals surface area contributed by atoms with Crippen LogP contribution in [0.4, 0.5) is 0 Å². The summed E-state index contributed by atoms with van der Waals surface area (Å²) in [4.78, 5) is 8.20. The molecule has 2 aromatic carbocycles. The first kappa shape index (κ1) is 21.1. The molecule has 1 aliphatic heterocycles. The van der Waals surface area contributed by atoms with Gasteiger partial charge in [0.2, 0.25) is 0 Å². The van der Waals surface area contributed by atoms with E-state index in [9.17, 15) is 5.11 Å². The highest BCUT2D eigenvalue weighted by molar-refractivity contribution is 6.04. The van der Waals surface area contributed by atoms with Gasteiger partial charge >= 0.3 is 0 Å². The van der Waals surface area contributed by atoms with Gasteiger partial charge in [-0.25, -0.2) is 0 Å². The van der Waals surface area contributed by atoms with Crippen molar-refractivity contribution in [3.05, 3.63) is 42.0 Å². The van der Waals surface area contributed by atoms with Crippen molar-refractivity contribution in [2.75, 3.05) is 26.8 Å². The smallest absolute Gasteiger partial charge is 0.119 e. The van der Waals surface area contributed by atoms with E-state index in [2.05, 4.69) is 40.4 Å². The Hall–Kier alpha value is -2.11. The van der Waals surface area contributed by atoms with Crippen molar-refractivity contribution in [2.45, 2.75) is 57.6 Å². The largest absolute Gasteiger partial charge is 0.497 e. The van der Waals surface area contributed by atoms with E-state index in [1.807, 2.05) is 13.0 Å². The molecule has 1 atom stereocenters. The van der Waals surface area contributed by atoms with Crippen LogP contribution in [-0.4, -0.2) is 54.7 Å². The summed E-state index contributed by atoms with van der Waals surface area (Å²) in [6.45, 7) is 4.73. The molecule has 30 heavy (non-hydrogen) atoms. The van der Waals surface area contributed by atoms with Crippen molar-refractivity contribution >= 4 is 16.5 Å². The molecule has 0 aromatic heterocycles. The molecular formula is C25H34N2O3. The summed E-state index contributed by atoms with van der Waals surface area (Å²) < 4.78 is 5.36. The zero-order valence-corrected chi connectivity index (χ0v) is 18.2. The highest BCUT2D eigenvalue weighted by Gasteiger charge is 2.31. The van der Waals surface area contributed by atoms with Gasteiger partial charge in [0.1, 0.15) is 12.4 Å². The van der Waals surface area contributed by atoms with Gasteiger partial charge in [-0.15, -0.1) is 0 Å². The second-order valence-electron chi connectivity index (χ2n) is 8.62. The van der Waals surface area contributed by atoms with Crippen LogP contribution in [0.2, 0.25) is 0 Å². The minimum Gasteiger partial charge on any atom is -0.497 e. The lowest BCUT2D eigenvalue weighted by molar-refractivity contribution is 0.0586. The molecule has 1 saturated heterocycles. The number of nitrogens with zero attached hydrogens (tertiary/aromatic N) is 2. The number of methoxy groups -OCH3 is 1. The number of hydrogen-bond donors (Lipinski definition) is 1. The lowest BCUT2D eigenvalue weighted by Gasteiger charge is -2.41. The molecule has 2 aromatic rings. The zero-order valence-electron chi connectivity index (χ0n) is 18.2. The number of fused-ring (bicyclic) bond motifs is 1. The van der Waals surface area contributed by atoms with Crippen molar-refractivity contribution in [1.29, 1.82) is 0 Å². The fourth-order valence-corrected chi connectivity index (χ4v) is 4.99. The molecule has 2 aliphatic rings. The average Bonchev–Trinajstić information content (AvgIpc) is 2.79. The van der Waals surface area contributed by atoms with Crippen LogP contribution < -0.4 is 4.74 Å². The first-order valence-electron chi connectivity index (χ1n) is 11.4. The summed E-state index contributed by atoms with van der Waals surface area (Å²) in [7, 11) is 1.70. The van der Waals surface area contributed by atoms with Gasteiger partial charge in [0, 0.05) is 24.1 Å². The summed E-state index contributed by atoms with van der Waals surface area (Å²) >= 11 is 0. The van der Waals surface area contributed by atoms with Crippen LogP contribution in [0, 0.1) is 5.92 Å². The standard InChI is InChI=1S/C25H34N2O3/c1-3-30-26-25(20-7-6-19-16-24(29-2)13-8-18(19)15-20)21-5-4-14-27(17-21)22-9-11-23(28)12-10-22/h6-8,13,15-16,21-23,28H,3-5,9-12,14,17H2,1-2H3/b26-25-/t21-,22?,23?/m1/s1. The van der Waals surface area contributed by atoms with Crippen molar-refractivity contribution in [3.8, 4) is 5.75 Å². The molecule has 5 heteroatoms. The quantitative estimate of drug-likeness (QED) is 0.558. The molecule has 1 N–H and O–H groups in total. The molecule has 4 rings (SSSR count). The zero-order chi connectivity index (χ0) is 20.9. The van der Waals surface area contributed by atoms with Crippen LogP contribution in [0.15, 0.2) is 41.6 Å². The molecule has 0 amide bonds. The maximum atomic E-state index is 9.87. The van der Waals surface area contributed by atoms with E-state index in [0.717, 1.165) is 62.2 Å². The molecule has 1 heterocycles. The van der Waals surface area contributed by atoms with Gasteiger partial charge in [0.05, 0.1) is 18.9 Å². The average molecular weight is 411 g/mol. The van der Waals surface area contributed by atoms with E-state index in [0.29, 0.717) is 18.6 Å². The Morgan fingerprint density at radius 3 is 2.60 bits per heavy atom. The molecule has 2 fully saturated rings. The molecule has 162 valence electrons. The fourth-order valence-electron chi connectivity index (χ4n) is 4.99. The Morgan fingerprint density at radius 1 is 1.07 bits per heavy atom. The van der Waals surface area contributed by atoms with Gasteiger partial charge < -0.3 is 14.7 Å². The monoisotopic (exact) mass is 410 g/mol. The van der Waals surface area contributed by atoms with Crippen molar-refractivity contribution in [1.82, 2.24) is 4.90 Å². The first-order valence-corrected chi connectivity index (χ1v) is 11.4. The summed E-state index contributed by atoms with van der Waals surface area (Å²) in [6, 6.07) is 13.3. The van der Waals surface area contributed by atoms with Crippen LogP contribution >= 0.6 is 0 Å². The van der Waals surface area contributed by atoms with Gasteiger partial charge in [0.25, 0.3) is 0 Å². The minimum absolute atomic E-state index is 0.104. The molecule has 1 saturated carbocycles. The molecule has 1 aliphatic carbocycles. The van der Waals surface area contributed by atoms with Gasteiger partial charge in [-0.3, -0.25) is 4.90 Å². The molecular weight excluding hydrogens is 376 g/mol. The highest BCUT2D eigenvalue weighted by Crippen LogP contribution is 2.30. The van der Waals surface area contributed by atoms with Gasteiger partial charge in [0.15, 0.2) is 0 Å². The van der Waals surface area contributed by atoms with E-state index in [1.165, 1.54) is 17.2 Å². The van der Waals surface area contributed by atoms with Crippen molar-refractivity contribution in [2.24, 2.45) is 11.1 Å². The number of benzene rings is 2. The number of aliphatic hydroxyl groups excluding tert-OH is 1. The Bertz CT molecular complexity index is 874. The minimum atomic E-state index is -0.104. The summed E-state index contributed by atoms with van der Waals surface area (Å²) in [5.74, 6) is 1.24. The van der Waals surface area contributed by atoms with Crippen LogP contribution in [0.1, 0.15) is 51.0 Å². The third-order valence-corrected chi connectivity index (χ3v) is 6.66. The molecule has 0 unspecified atom stereocenters. The van der Waals surface area contributed by atoms with Crippen LogP contribution in [0.25, 0.3) is 10.8 Å². The van der Waals surface area contributed by atoms with Gasteiger partial charge in [-0.1, -0.05) is 23.4 Å². The number of rotatable bonds is 6. The van der Waals surface area contributed by atoms with Crippen molar-refractivity contribution in [3.63, 3.8) is 0 Å². The Kier molecular flexibility index (Phi) is 6.90. The predicted octanol–water partition coefficient (Wildman–Crippen LogP) is 4.60.